The molecule has 4 heterocycles. The Labute approximate surface area is 231 Å². The van der Waals surface area contributed by atoms with Crippen LogP contribution in [-0.2, 0) is 0 Å². The number of rotatable bonds is 6. The molecule has 14 heteroatoms. The second kappa shape index (κ2) is 8.71. The molecule has 2 saturated carbocycles. The number of aliphatic hydroxyl groups is 1. The summed E-state index contributed by atoms with van der Waals surface area (Å²) in [4.78, 5) is 20.9. The summed E-state index contributed by atoms with van der Waals surface area (Å²) in [5.41, 5.74) is 1.38. The Kier molecular flexibility index (Phi) is 5.50. The predicted octanol–water partition coefficient (Wildman–Crippen LogP) is 4.12. The van der Waals surface area contributed by atoms with Gasteiger partial charge in [-0.05, 0) is 48.7 Å². The van der Waals surface area contributed by atoms with Crippen LogP contribution >= 0.6 is 0 Å². The van der Waals surface area contributed by atoms with Crippen LogP contribution in [0.15, 0.2) is 42.7 Å². The fraction of sp³-hybridized carbons (Fsp3) is 0.444. The van der Waals surface area contributed by atoms with Crippen molar-refractivity contribution < 1.29 is 27.5 Å². The molecule has 1 spiro atoms. The third-order valence-corrected chi connectivity index (χ3v) is 8.48. The fourth-order valence-corrected chi connectivity index (χ4v) is 6.27. The minimum Gasteiger partial charge on any atom is -0.384 e. The summed E-state index contributed by atoms with van der Waals surface area (Å²) >= 11 is 0. The average Bonchev–Trinajstić information content (AvgIpc) is 3.52. The third-order valence-electron chi connectivity index (χ3n) is 8.48. The van der Waals surface area contributed by atoms with Crippen molar-refractivity contribution in [1.29, 1.82) is 0 Å². The number of imidazole rings is 1. The van der Waals surface area contributed by atoms with E-state index in [0.29, 0.717) is 35.7 Å². The van der Waals surface area contributed by atoms with Crippen molar-refractivity contribution in [1.82, 2.24) is 29.6 Å². The smallest absolute Gasteiger partial charge is 0.274 e. The van der Waals surface area contributed by atoms with E-state index in [1.807, 2.05) is 17.9 Å². The number of amides is 1. The lowest BCUT2D eigenvalue weighted by molar-refractivity contribution is -0.209. The molecule has 0 unspecified atom stereocenters. The summed E-state index contributed by atoms with van der Waals surface area (Å²) in [6.45, 7) is 2.94. The summed E-state index contributed by atoms with van der Waals surface area (Å²) in [5, 5.41) is 25.1. The topological polar surface area (TPSA) is 113 Å². The molecule has 1 amide bonds. The summed E-state index contributed by atoms with van der Waals surface area (Å²) < 4.78 is 54.3. The first-order valence-corrected chi connectivity index (χ1v) is 13.3. The Bertz CT molecular complexity index is 1660. The Morgan fingerprint density at radius 1 is 1.15 bits per heavy atom. The zero-order valence-electron chi connectivity index (χ0n) is 21.9. The van der Waals surface area contributed by atoms with Crippen LogP contribution in [0.3, 0.4) is 0 Å². The number of pyridine rings is 1. The molecule has 1 aliphatic heterocycles. The second-order valence-electron chi connectivity index (χ2n) is 11.7. The number of hydrogen-bond donors (Lipinski definition) is 2. The lowest BCUT2D eigenvalue weighted by Gasteiger charge is -2.62. The molecule has 3 fully saturated rings. The number of benzene rings is 1. The molecule has 1 aromatic carbocycles. The van der Waals surface area contributed by atoms with Crippen LogP contribution in [0.1, 0.15) is 47.8 Å². The zero-order valence-corrected chi connectivity index (χ0v) is 21.9. The summed E-state index contributed by atoms with van der Waals surface area (Å²) in [6, 6.07) is 8.43. The van der Waals surface area contributed by atoms with Gasteiger partial charge in [0, 0.05) is 48.8 Å². The molecule has 3 aliphatic rings. The van der Waals surface area contributed by atoms with Crippen molar-refractivity contribution in [2.75, 3.05) is 23.3 Å². The Morgan fingerprint density at radius 2 is 1.90 bits per heavy atom. The van der Waals surface area contributed by atoms with E-state index < -0.39 is 29.9 Å². The first kappa shape index (κ1) is 25.9. The van der Waals surface area contributed by atoms with Crippen LogP contribution in [-0.4, -0.2) is 71.6 Å². The number of hydrogen-bond acceptors (Lipinski definition) is 7. The van der Waals surface area contributed by atoms with Crippen LogP contribution in [0.25, 0.3) is 17.0 Å². The normalized spacial score (nSPS) is 20.6. The number of nitrogens with one attached hydrogen (secondary N) is 1. The molecule has 0 atom stereocenters. The van der Waals surface area contributed by atoms with Gasteiger partial charge >= 0.3 is 0 Å². The van der Waals surface area contributed by atoms with Gasteiger partial charge in [0.25, 0.3) is 18.3 Å². The first-order chi connectivity index (χ1) is 19.4. The van der Waals surface area contributed by atoms with Crippen molar-refractivity contribution in [3.63, 3.8) is 0 Å². The van der Waals surface area contributed by atoms with Gasteiger partial charge in [-0.1, -0.05) is 12.1 Å². The number of nitrogens with zero attached hydrogens (tertiary/aromatic N) is 7. The van der Waals surface area contributed by atoms with E-state index in [2.05, 4.69) is 25.7 Å². The van der Waals surface area contributed by atoms with Gasteiger partial charge in [-0.25, -0.2) is 22.5 Å². The highest BCUT2D eigenvalue weighted by Crippen LogP contribution is 2.56. The van der Waals surface area contributed by atoms with Crippen molar-refractivity contribution >= 4 is 22.9 Å². The van der Waals surface area contributed by atoms with Crippen LogP contribution in [0.4, 0.5) is 28.9 Å². The van der Waals surface area contributed by atoms with Crippen LogP contribution in [0.2, 0.25) is 0 Å². The molecular formula is C27H26F4N8O2. The molecule has 3 aromatic heterocycles. The minimum absolute atomic E-state index is 0.0793. The van der Waals surface area contributed by atoms with Crippen LogP contribution in [0, 0.1) is 12.3 Å². The van der Waals surface area contributed by atoms with Crippen molar-refractivity contribution in [3.8, 4) is 11.4 Å². The number of halogens is 4. The molecule has 1 saturated heterocycles. The molecule has 10 nitrogen and oxygen atoms in total. The van der Waals surface area contributed by atoms with Gasteiger partial charge in [0.05, 0.1) is 17.9 Å². The number of carbonyl (C=O) groups excluding carboxylic acids is 1. The lowest BCUT2D eigenvalue weighted by atomic mass is 9.55. The molecule has 4 aromatic rings. The molecule has 7 rings (SSSR count). The maximum absolute atomic E-state index is 13.3. The number of aryl methyl sites for hydroxylation is 1. The van der Waals surface area contributed by atoms with Crippen molar-refractivity contribution in [2.45, 2.75) is 56.6 Å². The van der Waals surface area contributed by atoms with E-state index in [1.165, 1.54) is 11.0 Å². The molecule has 0 radical (unpaired) electrons. The minimum atomic E-state index is -2.75. The Morgan fingerprint density at radius 3 is 2.61 bits per heavy atom. The molecule has 41 heavy (non-hydrogen) atoms. The molecule has 2 N–H and O–H groups in total. The molecular weight excluding hydrogens is 544 g/mol. The largest absolute Gasteiger partial charge is 0.384 e. The SMILES string of the molecule is Cc1ccc(-c2nnn(C3CC(F)(F)C3)n2)cc1NC(=O)c1cnc2ccc(N3CC4(C3)CC(O)(C(F)F)C4)cn12. The van der Waals surface area contributed by atoms with Gasteiger partial charge in [-0.3, -0.25) is 9.20 Å². The quantitative estimate of drug-likeness (QED) is 0.336. The number of aromatic nitrogens is 6. The highest BCUT2D eigenvalue weighted by Gasteiger charge is 2.63. The summed E-state index contributed by atoms with van der Waals surface area (Å²) in [6.07, 6.45) is 0.0351. The summed E-state index contributed by atoms with van der Waals surface area (Å²) in [7, 11) is 0. The summed E-state index contributed by atoms with van der Waals surface area (Å²) in [5.74, 6) is -2.83. The van der Waals surface area contributed by atoms with E-state index in [4.69, 9.17) is 0 Å². The number of tetrazole rings is 1. The van der Waals surface area contributed by atoms with Crippen LogP contribution in [0.5, 0.6) is 0 Å². The molecule has 214 valence electrons. The van der Waals surface area contributed by atoms with Gasteiger partial charge in [-0.2, -0.15) is 4.80 Å². The predicted molar refractivity (Wildman–Crippen MR) is 139 cm³/mol. The first-order valence-electron chi connectivity index (χ1n) is 13.3. The van der Waals surface area contributed by atoms with E-state index >= 15 is 0 Å². The molecule has 2 aliphatic carbocycles. The number of fused-ring (bicyclic) bond motifs is 1. The second-order valence-corrected chi connectivity index (χ2v) is 11.7. The van der Waals surface area contributed by atoms with E-state index in [-0.39, 0.29) is 36.9 Å². The Hall–Kier alpha value is -4.07. The highest BCUT2D eigenvalue weighted by molar-refractivity contribution is 6.04. The van der Waals surface area contributed by atoms with Gasteiger partial charge in [-0.15, -0.1) is 10.2 Å². The lowest BCUT2D eigenvalue weighted by Crippen LogP contribution is -2.70. The Balaban J connectivity index is 1.07. The number of alkyl halides is 4. The fourth-order valence-electron chi connectivity index (χ4n) is 6.27. The monoisotopic (exact) mass is 570 g/mol. The third kappa shape index (κ3) is 4.31. The average molecular weight is 571 g/mol. The standard InChI is InChI=1S/C27H26F4N8O2/c1-15-2-3-16(22-34-36-39(35-22)18-7-27(30,31)8-18)6-19(15)33-23(40)20-9-32-21-5-4-17(10-38(20)21)37-13-25(14-37)11-26(41,12-25)24(28)29/h2-6,9-10,18,24,41H,7-8,11-14H2,1H3,(H,33,40). The molecule has 0 bridgehead atoms. The van der Waals surface area contributed by atoms with Crippen molar-refractivity contribution in [2.24, 2.45) is 5.41 Å². The van der Waals surface area contributed by atoms with Gasteiger partial charge in [0.2, 0.25) is 5.82 Å². The van der Waals surface area contributed by atoms with Crippen LogP contribution < -0.4 is 10.2 Å². The van der Waals surface area contributed by atoms with Crippen molar-refractivity contribution in [3.05, 3.63) is 54.0 Å². The zero-order chi connectivity index (χ0) is 28.7. The van der Waals surface area contributed by atoms with E-state index in [1.54, 1.807) is 34.9 Å². The maximum atomic E-state index is 13.3. The van der Waals surface area contributed by atoms with Gasteiger partial charge < -0.3 is 15.3 Å². The number of anilines is 2. The maximum Gasteiger partial charge on any atom is 0.274 e. The number of carbonyl (C=O) groups is 1. The van der Waals surface area contributed by atoms with E-state index in [9.17, 15) is 27.5 Å². The van der Waals surface area contributed by atoms with Gasteiger partial charge in [0.15, 0.2) is 0 Å². The van der Waals surface area contributed by atoms with E-state index in [0.717, 1.165) is 11.3 Å². The highest BCUT2D eigenvalue weighted by atomic mass is 19.3. The van der Waals surface area contributed by atoms with Gasteiger partial charge in [0.1, 0.15) is 16.9 Å².